The van der Waals surface area contributed by atoms with E-state index in [9.17, 15) is 4.79 Å². The molecule has 5 rings (SSSR count). The molecule has 0 bridgehead atoms. The molecule has 1 amide bonds. The first-order valence-electron chi connectivity index (χ1n) is 11.3. The topological polar surface area (TPSA) is 80.2 Å². The summed E-state index contributed by atoms with van der Waals surface area (Å²) >= 11 is 13.7. The van der Waals surface area contributed by atoms with Crippen LogP contribution in [0.5, 0.6) is 5.75 Å². The molecular formula is C26H23Cl2N5O2S. The van der Waals surface area contributed by atoms with Crippen LogP contribution in [-0.2, 0) is 19.5 Å². The van der Waals surface area contributed by atoms with Crippen molar-refractivity contribution in [3.05, 3.63) is 86.4 Å². The molecule has 0 spiro atoms. The molecule has 0 atom stereocenters. The zero-order valence-corrected chi connectivity index (χ0v) is 22.0. The Bertz CT molecular complexity index is 1420. The molecule has 0 radical (unpaired) electrons. The largest absolute Gasteiger partial charge is 0.494 e. The Hall–Kier alpha value is -3.04. The molecule has 4 aromatic rings. The third-order valence-corrected chi connectivity index (χ3v) is 7.44. The Morgan fingerprint density at radius 1 is 1.14 bits per heavy atom. The number of methoxy groups -OCH3 is 1. The van der Waals surface area contributed by atoms with E-state index in [1.54, 1.807) is 25.6 Å². The number of aryl methyl sites for hydroxylation is 1. The number of amides is 1. The molecule has 10 heteroatoms. The minimum Gasteiger partial charge on any atom is -0.494 e. The lowest BCUT2D eigenvalue weighted by Gasteiger charge is -2.25. The van der Waals surface area contributed by atoms with Gasteiger partial charge in [0.2, 0.25) is 0 Å². The SMILES string of the molecule is COc1cnc(Cl)cc1-c1cc(C)ncc1C(=O)Nc1nc2c(s1)CN(Cc1ccc(Cl)cc1)CC2. The van der Waals surface area contributed by atoms with Crippen LogP contribution in [0, 0.1) is 6.92 Å². The number of thiazole rings is 1. The summed E-state index contributed by atoms with van der Waals surface area (Å²) in [6.45, 7) is 4.40. The summed E-state index contributed by atoms with van der Waals surface area (Å²) in [4.78, 5) is 30.0. The molecular weight excluding hydrogens is 517 g/mol. The number of nitrogens with zero attached hydrogens (tertiary/aromatic N) is 4. The maximum atomic E-state index is 13.4. The van der Waals surface area contributed by atoms with Gasteiger partial charge in [0.15, 0.2) is 5.13 Å². The van der Waals surface area contributed by atoms with E-state index in [4.69, 9.17) is 32.9 Å². The molecule has 4 heterocycles. The highest BCUT2D eigenvalue weighted by Gasteiger charge is 2.23. The van der Waals surface area contributed by atoms with Gasteiger partial charge in [0.1, 0.15) is 10.9 Å². The summed E-state index contributed by atoms with van der Waals surface area (Å²) in [5.74, 6) is 0.223. The van der Waals surface area contributed by atoms with E-state index in [0.29, 0.717) is 32.7 Å². The normalized spacial score (nSPS) is 13.3. The first-order valence-corrected chi connectivity index (χ1v) is 12.9. The number of halogens is 2. The lowest BCUT2D eigenvalue weighted by atomic mass is 10.0. The molecule has 1 aliphatic rings. The van der Waals surface area contributed by atoms with E-state index in [2.05, 4.69) is 20.2 Å². The summed E-state index contributed by atoms with van der Waals surface area (Å²) in [6, 6.07) is 11.4. The summed E-state index contributed by atoms with van der Waals surface area (Å²) < 4.78 is 5.47. The number of aromatic nitrogens is 3. The second-order valence-electron chi connectivity index (χ2n) is 8.51. The highest BCUT2D eigenvalue weighted by Crippen LogP contribution is 2.35. The number of pyridine rings is 2. The number of hydrogen-bond donors (Lipinski definition) is 1. The predicted molar refractivity (Wildman–Crippen MR) is 143 cm³/mol. The van der Waals surface area contributed by atoms with Crippen LogP contribution in [0.2, 0.25) is 10.2 Å². The van der Waals surface area contributed by atoms with Crippen LogP contribution in [0.4, 0.5) is 5.13 Å². The standard InChI is InChI=1S/C26H23Cl2N5O2S/c1-15-9-18(19-10-24(28)30-12-22(19)35-2)20(11-29-15)25(34)32-26-31-21-7-8-33(14-23(21)36-26)13-16-3-5-17(27)6-4-16/h3-6,9-12H,7-8,13-14H2,1-2H3,(H,31,32,34). The monoisotopic (exact) mass is 539 g/mol. The Morgan fingerprint density at radius 2 is 1.94 bits per heavy atom. The van der Waals surface area contributed by atoms with Gasteiger partial charge in [-0.3, -0.25) is 20.0 Å². The first-order chi connectivity index (χ1) is 17.4. The zero-order valence-electron chi connectivity index (χ0n) is 19.7. The molecule has 0 saturated heterocycles. The first kappa shape index (κ1) is 24.6. The molecule has 36 heavy (non-hydrogen) atoms. The third-order valence-electron chi connectivity index (χ3n) is 5.98. The van der Waals surface area contributed by atoms with Crippen molar-refractivity contribution in [3.8, 4) is 16.9 Å². The van der Waals surface area contributed by atoms with Crippen molar-refractivity contribution in [2.45, 2.75) is 26.4 Å². The van der Waals surface area contributed by atoms with E-state index in [-0.39, 0.29) is 5.91 Å². The Balaban J connectivity index is 1.35. The number of ether oxygens (including phenoxy) is 1. The van der Waals surface area contributed by atoms with Crippen molar-refractivity contribution in [2.24, 2.45) is 0 Å². The van der Waals surface area contributed by atoms with Gasteiger partial charge in [-0.15, -0.1) is 11.3 Å². The van der Waals surface area contributed by atoms with Crippen LogP contribution in [0.15, 0.2) is 48.8 Å². The number of nitrogens with one attached hydrogen (secondary N) is 1. The maximum absolute atomic E-state index is 13.4. The second kappa shape index (κ2) is 10.5. The van der Waals surface area contributed by atoms with Crippen molar-refractivity contribution in [1.82, 2.24) is 19.9 Å². The molecule has 0 aliphatic carbocycles. The predicted octanol–water partition coefficient (Wildman–Crippen LogP) is 6.03. The number of rotatable bonds is 6. The van der Waals surface area contributed by atoms with Crippen LogP contribution in [0.3, 0.4) is 0 Å². The Labute approximate surface area is 223 Å². The van der Waals surface area contributed by atoms with Gasteiger partial charge in [-0.1, -0.05) is 35.3 Å². The van der Waals surface area contributed by atoms with Gasteiger partial charge in [0.05, 0.1) is 24.6 Å². The number of carbonyl (C=O) groups is 1. The Kier molecular flexibility index (Phi) is 7.20. The zero-order chi connectivity index (χ0) is 25.2. The van der Waals surface area contributed by atoms with E-state index in [1.807, 2.05) is 37.3 Å². The quantitative estimate of drug-likeness (QED) is 0.301. The number of anilines is 1. The smallest absolute Gasteiger partial charge is 0.259 e. The molecule has 0 unspecified atom stereocenters. The summed E-state index contributed by atoms with van der Waals surface area (Å²) in [5.41, 5.74) is 4.75. The number of carbonyl (C=O) groups excluding carboxylic acids is 1. The average Bonchev–Trinajstić information content (AvgIpc) is 3.26. The van der Waals surface area contributed by atoms with E-state index in [1.165, 1.54) is 16.9 Å². The summed E-state index contributed by atoms with van der Waals surface area (Å²) in [5, 5.41) is 4.59. The van der Waals surface area contributed by atoms with Gasteiger partial charge < -0.3 is 4.74 Å². The number of benzene rings is 1. The highest BCUT2D eigenvalue weighted by molar-refractivity contribution is 7.15. The number of hydrogen-bond acceptors (Lipinski definition) is 7. The minimum absolute atomic E-state index is 0.295. The average molecular weight is 540 g/mol. The second-order valence-corrected chi connectivity index (χ2v) is 10.4. The van der Waals surface area contributed by atoms with Crippen LogP contribution in [0.1, 0.15) is 32.2 Å². The van der Waals surface area contributed by atoms with Crippen molar-refractivity contribution in [2.75, 3.05) is 19.0 Å². The summed E-state index contributed by atoms with van der Waals surface area (Å²) in [6.07, 6.45) is 3.94. The van der Waals surface area contributed by atoms with Gasteiger partial charge >= 0.3 is 0 Å². The molecule has 184 valence electrons. The maximum Gasteiger partial charge on any atom is 0.259 e. The van der Waals surface area contributed by atoms with Crippen LogP contribution in [-0.4, -0.2) is 39.4 Å². The Morgan fingerprint density at radius 3 is 2.72 bits per heavy atom. The lowest BCUT2D eigenvalue weighted by Crippen LogP contribution is -2.29. The van der Waals surface area contributed by atoms with Gasteiger partial charge in [-0.05, 0) is 36.8 Å². The fourth-order valence-corrected chi connectivity index (χ4v) is 5.53. The highest BCUT2D eigenvalue weighted by atomic mass is 35.5. The summed E-state index contributed by atoms with van der Waals surface area (Å²) in [7, 11) is 1.55. The molecule has 0 fully saturated rings. The lowest BCUT2D eigenvalue weighted by molar-refractivity contribution is 0.102. The van der Waals surface area contributed by atoms with Gasteiger partial charge in [0.25, 0.3) is 5.91 Å². The fourth-order valence-electron chi connectivity index (χ4n) is 4.20. The van der Waals surface area contributed by atoms with Crippen molar-refractivity contribution < 1.29 is 9.53 Å². The van der Waals surface area contributed by atoms with E-state index >= 15 is 0 Å². The van der Waals surface area contributed by atoms with Gasteiger partial charge in [-0.25, -0.2) is 9.97 Å². The van der Waals surface area contributed by atoms with Gasteiger partial charge in [0, 0.05) is 59.0 Å². The van der Waals surface area contributed by atoms with E-state index < -0.39 is 0 Å². The van der Waals surface area contributed by atoms with Crippen LogP contribution in [0.25, 0.3) is 11.1 Å². The van der Waals surface area contributed by atoms with Crippen molar-refractivity contribution in [1.29, 1.82) is 0 Å². The molecule has 1 aromatic carbocycles. The minimum atomic E-state index is -0.295. The van der Waals surface area contributed by atoms with Crippen LogP contribution >= 0.6 is 34.5 Å². The van der Waals surface area contributed by atoms with Gasteiger partial charge in [-0.2, -0.15) is 0 Å². The third kappa shape index (κ3) is 5.37. The molecule has 1 aliphatic heterocycles. The fraction of sp³-hybridized carbons (Fsp3) is 0.231. The molecule has 0 saturated carbocycles. The molecule has 3 aromatic heterocycles. The molecule has 7 nitrogen and oxygen atoms in total. The molecule has 1 N–H and O–H groups in total. The van der Waals surface area contributed by atoms with Crippen LogP contribution < -0.4 is 10.1 Å². The van der Waals surface area contributed by atoms with Crippen molar-refractivity contribution in [3.63, 3.8) is 0 Å². The number of fused-ring (bicyclic) bond motifs is 1. The van der Waals surface area contributed by atoms with E-state index in [0.717, 1.165) is 47.3 Å². The van der Waals surface area contributed by atoms with Crippen molar-refractivity contribution >= 4 is 45.6 Å².